The molecule has 0 bridgehead atoms. The van der Waals surface area contributed by atoms with Crippen LogP contribution in [0.5, 0.6) is 0 Å². The minimum Gasteiger partial charge on any atom is -0.480 e. The highest BCUT2D eigenvalue weighted by atomic mass is 16.4. The number of hydrogen-bond donors (Lipinski definition) is 3. The van der Waals surface area contributed by atoms with Crippen LogP contribution in [0.15, 0.2) is 31.1 Å². The van der Waals surface area contributed by atoms with Gasteiger partial charge < -0.3 is 15.9 Å². The van der Waals surface area contributed by atoms with Gasteiger partial charge in [0.1, 0.15) is 19.0 Å². The first-order valence-electron chi connectivity index (χ1n) is 9.05. The Kier molecular flexibility index (Phi) is 9.01. The normalized spacial score (nSPS) is 10.7. The lowest BCUT2D eigenvalue weighted by Crippen LogP contribution is -2.24. The predicted octanol–water partition coefficient (Wildman–Crippen LogP) is 2.79. The smallest absolute Gasteiger partial charge is 0.322 e. The van der Waals surface area contributed by atoms with Gasteiger partial charge in [-0.15, -0.1) is 0 Å². The summed E-state index contributed by atoms with van der Waals surface area (Å²) < 4.78 is 0. The van der Waals surface area contributed by atoms with Crippen molar-refractivity contribution >= 4 is 17.6 Å². The van der Waals surface area contributed by atoms with Crippen molar-refractivity contribution in [3.63, 3.8) is 0 Å². The third-order valence-electron chi connectivity index (χ3n) is 3.93. The molecule has 0 fully saturated rings. The van der Waals surface area contributed by atoms with Crippen LogP contribution >= 0.6 is 0 Å². The maximum Gasteiger partial charge on any atom is 0.322 e. The molecule has 0 atom stereocenters. The summed E-state index contributed by atoms with van der Waals surface area (Å²) in [6.07, 6.45) is 5.63. The van der Waals surface area contributed by atoms with Gasteiger partial charge in [0, 0.05) is 5.69 Å². The summed E-state index contributed by atoms with van der Waals surface area (Å²) >= 11 is 0. The SMILES string of the molecule is CC(C)Cc1c(N)ccc(C(C(=O)O)C(=O)O)c1CC(C)C.c1ncncn1. The second kappa shape index (κ2) is 11.0. The molecule has 0 saturated heterocycles. The molecule has 8 nitrogen and oxygen atoms in total. The Morgan fingerprint density at radius 1 is 0.857 bits per heavy atom. The van der Waals surface area contributed by atoms with Crippen molar-refractivity contribution in [1.29, 1.82) is 0 Å². The number of carboxylic acids is 2. The molecule has 0 aliphatic rings. The number of aliphatic carboxylic acids is 2. The standard InChI is InChI=1S/C17H25NO4.C3H3N3/c1-9(2)7-12-11(15(16(19)20)17(21)22)5-6-14(18)13(12)8-10(3)4;1-4-2-6-3-5-1/h5-6,9-10,15H,7-8,18H2,1-4H3,(H,19,20)(H,21,22);1-3H. The van der Waals surface area contributed by atoms with Crippen molar-refractivity contribution in [2.45, 2.75) is 46.5 Å². The van der Waals surface area contributed by atoms with Gasteiger partial charge in [0.25, 0.3) is 0 Å². The summed E-state index contributed by atoms with van der Waals surface area (Å²) in [5.41, 5.74) is 8.68. The molecule has 28 heavy (non-hydrogen) atoms. The predicted molar refractivity (Wildman–Crippen MR) is 106 cm³/mol. The number of anilines is 1. The van der Waals surface area contributed by atoms with Crippen LogP contribution in [-0.2, 0) is 22.4 Å². The van der Waals surface area contributed by atoms with Gasteiger partial charge in [0.05, 0.1) is 0 Å². The lowest BCUT2D eigenvalue weighted by Gasteiger charge is -2.22. The van der Waals surface area contributed by atoms with Gasteiger partial charge in [-0.3, -0.25) is 9.59 Å². The molecule has 2 aromatic rings. The average molecular weight is 388 g/mol. The van der Waals surface area contributed by atoms with Crippen LogP contribution in [0.25, 0.3) is 0 Å². The van der Waals surface area contributed by atoms with Crippen LogP contribution in [0.2, 0.25) is 0 Å². The Balaban J connectivity index is 0.000000552. The number of carbonyl (C=O) groups is 2. The van der Waals surface area contributed by atoms with E-state index in [1.165, 1.54) is 19.0 Å². The molecule has 1 aromatic heterocycles. The van der Waals surface area contributed by atoms with Crippen LogP contribution in [-0.4, -0.2) is 37.1 Å². The molecular weight excluding hydrogens is 360 g/mol. The first-order valence-corrected chi connectivity index (χ1v) is 9.05. The Hall–Kier alpha value is -3.03. The number of nitrogens with zero attached hydrogens (tertiary/aromatic N) is 3. The van der Waals surface area contributed by atoms with E-state index in [1.807, 2.05) is 13.8 Å². The third kappa shape index (κ3) is 6.94. The minimum atomic E-state index is -1.56. The lowest BCUT2D eigenvalue weighted by atomic mass is 9.83. The third-order valence-corrected chi connectivity index (χ3v) is 3.93. The number of benzene rings is 1. The van der Waals surface area contributed by atoms with E-state index in [-0.39, 0.29) is 5.92 Å². The van der Waals surface area contributed by atoms with Crippen LogP contribution in [0, 0.1) is 11.8 Å². The van der Waals surface area contributed by atoms with Crippen molar-refractivity contribution < 1.29 is 19.8 Å². The van der Waals surface area contributed by atoms with Gasteiger partial charge >= 0.3 is 11.9 Å². The van der Waals surface area contributed by atoms with Crippen molar-refractivity contribution in [3.8, 4) is 0 Å². The number of aromatic nitrogens is 3. The first-order chi connectivity index (χ1) is 13.1. The van der Waals surface area contributed by atoms with Gasteiger partial charge in [-0.1, -0.05) is 33.8 Å². The molecule has 0 saturated carbocycles. The first kappa shape index (κ1) is 23.0. The molecule has 0 aliphatic carbocycles. The van der Waals surface area contributed by atoms with E-state index >= 15 is 0 Å². The Labute approximate surface area is 164 Å². The van der Waals surface area contributed by atoms with Gasteiger partial charge in [0.2, 0.25) is 0 Å². The summed E-state index contributed by atoms with van der Waals surface area (Å²) in [5, 5.41) is 18.6. The number of carboxylic acid groups (broad SMARTS) is 2. The highest BCUT2D eigenvalue weighted by Gasteiger charge is 2.31. The topological polar surface area (TPSA) is 139 Å². The summed E-state index contributed by atoms with van der Waals surface area (Å²) in [6.45, 7) is 8.14. The van der Waals surface area contributed by atoms with Crippen molar-refractivity contribution in [2.75, 3.05) is 5.73 Å². The minimum absolute atomic E-state index is 0.273. The van der Waals surface area contributed by atoms with Crippen molar-refractivity contribution in [1.82, 2.24) is 15.0 Å². The van der Waals surface area contributed by atoms with Gasteiger partial charge in [-0.05, 0) is 47.4 Å². The highest BCUT2D eigenvalue weighted by molar-refractivity contribution is 5.99. The molecule has 0 spiro atoms. The van der Waals surface area contributed by atoms with Crippen LogP contribution in [0.3, 0.4) is 0 Å². The fourth-order valence-electron chi connectivity index (χ4n) is 2.87. The van der Waals surface area contributed by atoms with Crippen LogP contribution < -0.4 is 5.73 Å². The molecule has 2 rings (SSSR count). The second-order valence-corrected chi connectivity index (χ2v) is 7.30. The summed E-state index contributed by atoms with van der Waals surface area (Å²) in [5.74, 6) is -3.64. The monoisotopic (exact) mass is 388 g/mol. The molecule has 8 heteroatoms. The molecular formula is C20H28N4O4. The van der Waals surface area contributed by atoms with Crippen LogP contribution in [0.1, 0.15) is 50.3 Å². The fourth-order valence-corrected chi connectivity index (χ4v) is 2.87. The zero-order valence-corrected chi connectivity index (χ0v) is 16.7. The molecule has 0 aliphatic heterocycles. The van der Waals surface area contributed by atoms with Gasteiger partial charge in [0.15, 0.2) is 5.92 Å². The summed E-state index contributed by atoms with van der Waals surface area (Å²) in [7, 11) is 0. The zero-order chi connectivity index (χ0) is 21.3. The van der Waals surface area contributed by atoms with E-state index < -0.39 is 17.9 Å². The van der Waals surface area contributed by atoms with Crippen LogP contribution in [0.4, 0.5) is 5.69 Å². The Morgan fingerprint density at radius 2 is 1.29 bits per heavy atom. The lowest BCUT2D eigenvalue weighted by molar-refractivity contribution is -0.150. The second-order valence-electron chi connectivity index (χ2n) is 7.30. The molecule has 0 amide bonds. The molecule has 4 N–H and O–H groups in total. The molecule has 0 unspecified atom stereocenters. The van der Waals surface area contributed by atoms with Gasteiger partial charge in [-0.2, -0.15) is 0 Å². The largest absolute Gasteiger partial charge is 0.480 e. The Morgan fingerprint density at radius 3 is 1.64 bits per heavy atom. The summed E-state index contributed by atoms with van der Waals surface area (Å²) in [6, 6.07) is 3.17. The zero-order valence-electron chi connectivity index (χ0n) is 16.7. The van der Waals surface area contributed by atoms with E-state index in [0.29, 0.717) is 30.0 Å². The number of hydrogen-bond acceptors (Lipinski definition) is 6. The van der Waals surface area contributed by atoms with Crippen molar-refractivity contribution in [3.05, 3.63) is 47.8 Å². The number of nitrogens with two attached hydrogens (primary N) is 1. The fraction of sp³-hybridized carbons (Fsp3) is 0.450. The van der Waals surface area contributed by atoms with E-state index in [4.69, 9.17) is 5.73 Å². The van der Waals surface area contributed by atoms with E-state index in [9.17, 15) is 19.8 Å². The molecule has 1 aromatic carbocycles. The summed E-state index contributed by atoms with van der Waals surface area (Å²) in [4.78, 5) is 33.5. The molecule has 152 valence electrons. The van der Waals surface area contributed by atoms with E-state index in [0.717, 1.165) is 11.1 Å². The quantitative estimate of drug-likeness (QED) is 0.486. The average Bonchev–Trinajstić information content (AvgIpc) is 2.61. The maximum atomic E-state index is 11.4. The highest BCUT2D eigenvalue weighted by Crippen LogP contribution is 2.31. The number of nitrogen functional groups attached to an aromatic ring is 1. The van der Waals surface area contributed by atoms with E-state index in [1.54, 1.807) is 12.1 Å². The maximum absolute atomic E-state index is 11.4. The number of rotatable bonds is 7. The molecule has 1 heterocycles. The van der Waals surface area contributed by atoms with Gasteiger partial charge in [-0.25, -0.2) is 15.0 Å². The van der Waals surface area contributed by atoms with E-state index in [2.05, 4.69) is 28.8 Å². The van der Waals surface area contributed by atoms with Crippen molar-refractivity contribution in [2.24, 2.45) is 11.8 Å². The molecule has 0 radical (unpaired) electrons. The Bertz CT molecular complexity index is 739.